The number of unbranched alkanes of at least 4 members (excludes halogenated alkanes) is 71. The van der Waals surface area contributed by atoms with Crippen molar-refractivity contribution in [3.63, 3.8) is 0 Å². The molecular weight excluding hydrogens is 1250 g/mol. The van der Waals surface area contributed by atoms with E-state index >= 15 is 0 Å². The molecule has 2 atom stereocenters. The average molecular weight is 1430 g/mol. The smallest absolute Gasteiger partial charge is 0.306 e. The minimum absolute atomic E-state index is 0.0254. The van der Waals surface area contributed by atoms with Gasteiger partial charge in [0.15, 0.2) is 6.10 Å². The molecule has 9 nitrogen and oxygen atoms in total. The molecule has 0 aliphatic heterocycles. The molecule has 0 aliphatic rings. The molecule has 0 heterocycles. The van der Waals surface area contributed by atoms with E-state index in [9.17, 15) is 19.0 Å². The Morgan fingerprint density at radius 3 is 0.740 bits per heavy atom. The number of allylic oxidation sites excluding steroid dienone is 2. The molecule has 10 heteroatoms. The summed E-state index contributed by atoms with van der Waals surface area (Å²) in [6, 6.07) is 0. The van der Waals surface area contributed by atoms with Gasteiger partial charge in [-0.15, -0.1) is 0 Å². The number of hydrogen-bond acceptors (Lipinski definition) is 8. The third-order valence-electron chi connectivity index (χ3n) is 21.3. The maximum absolute atomic E-state index is 12.9. The van der Waals surface area contributed by atoms with E-state index in [0.29, 0.717) is 17.4 Å². The largest absolute Gasteiger partial charge is 0.756 e. The van der Waals surface area contributed by atoms with Crippen LogP contribution < -0.4 is 4.89 Å². The molecule has 0 radical (unpaired) electrons. The quantitative estimate of drug-likeness (QED) is 0.0195. The van der Waals surface area contributed by atoms with Crippen LogP contribution in [-0.4, -0.2) is 70.0 Å². The number of quaternary nitrogens is 1. The van der Waals surface area contributed by atoms with Crippen LogP contribution in [0.4, 0.5) is 0 Å². The summed E-state index contributed by atoms with van der Waals surface area (Å²) >= 11 is 0. The highest BCUT2D eigenvalue weighted by Crippen LogP contribution is 2.38. The lowest BCUT2D eigenvalue weighted by Crippen LogP contribution is -2.37. The highest BCUT2D eigenvalue weighted by molar-refractivity contribution is 7.45. The summed E-state index contributed by atoms with van der Waals surface area (Å²) in [4.78, 5) is 38.3. The average Bonchev–Trinajstić information content (AvgIpc) is 1.65. The number of ether oxygens (including phenoxy) is 2. The van der Waals surface area contributed by atoms with Crippen molar-refractivity contribution < 1.29 is 42.1 Å². The first-order chi connectivity index (χ1) is 49.0. The van der Waals surface area contributed by atoms with E-state index in [1.165, 1.54) is 437 Å². The number of hydrogen-bond donors (Lipinski definition) is 0. The summed E-state index contributed by atoms with van der Waals surface area (Å²) < 4.78 is 34.5. The minimum atomic E-state index is -4.64. The Bertz CT molecular complexity index is 1690. The lowest BCUT2D eigenvalue weighted by molar-refractivity contribution is -0.870. The van der Waals surface area contributed by atoms with Crippen LogP contribution in [0.25, 0.3) is 0 Å². The summed E-state index contributed by atoms with van der Waals surface area (Å²) in [6.45, 7) is 4.35. The summed E-state index contributed by atoms with van der Waals surface area (Å²) in [7, 11) is 1.20. The van der Waals surface area contributed by atoms with Crippen LogP contribution in [0.5, 0.6) is 0 Å². The fourth-order valence-corrected chi connectivity index (χ4v) is 15.1. The predicted octanol–water partition coefficient (Wildman–Crippen LogP) is 29.9. The highest BCUT2D eigenvalue weighted by Gasteiger charge is 2.22. The normalized spacial score (nSPS) is 12.9. The zero-order valence-corrected chi connectivity index (χ0v) is 69.4. The van der Waals surface area contributed by atoms with Gasteiger partial charge in [-0.3, -0.25) is 14.2 Å². The minimum Gasteiger partial charge on any atom is -0.756 e. The Kier molecular flexibility index (Phi) is 80.8. The van der Waals surface area contributed by atoms with E-state index in [4.69, 9.17) is 18.5 Å². The van der Waals surface area contributed by atoms with E-state index in [2.05, 4.69) is 26.0 Å². The molecule has 2 unspecified atom stereocenters. The van der Waals surface area contributed by atoms with Gasteiger partial charge in [-0.05, 0) is 38.5 Å². The maximum atomic E-state index is 12.9. The van der Waals surface area contributed by atoms with E-state index in [1.54, 1.807) is 0 Å². The standard InChI is InChI=1S/C90H178NO8P/c1-6-8-10-12-14-16-18-20-22-24-26-28-30-32-34-36-38-40-42-43-44-45-46-47-49-50-52-54-56-58-60-62-64-66-68-70-72-74-76-78-80-82-89(92)96-86-88(87-98-100(94,95)97-85-84-91(3,4)5)99-90(93)83-81-79-77-75-73-71-69-67-65-63-61-59-57-55-53-51-48-41-39-37-35-33-31-29-27-25-23-21-19-17-15-13-11-9-7-2/h25,27,88H,6-24,26,28-87H2,1-5H3/b27-25-. The fourth-order valence-electron chi connectivity index (χ4n) is 14.4. The Labute approximate surface area is 626 Å². The molecule has 596 valence electrons. The Morgan fingerprint density at radius 2 is 0.510 bits per heavy atom. The molecule has 0 saturated carbocycles. The van der Waals surface area contributed by atoms with Crippen LogP contribution in [0, 0.1) is 0 Å². The molecule has 0 spiro atoms. The van der Waals surface area contributed by atoms with E-state index in [1.807, 2.05) is 21.1 Å². The molecule has 0 aliphatic carbocycles. The number of phosphoric acid groups is 1. The topological polar surface area (TPSA) is 111 Å². The maximum Gasteiger partial charge on any atom is 0.306 e. The van der Waals surface area contributed by atoms with E-state index < -0.39 is 26.5 Å². The first-order valence-electron chi connectivity index (χ1n) is 45.4. The zero-order chi connectivity index (χ0) is 72.5. The summed E-state index contributed by atoms with van der Waals surface area (Å²) in [5.41, 5.74) is 0. The van der Waals surface area contributed by atoms with Crippen molar-refractivity contribution in [2.24, 2.45) is 0 Å². The molecule has 100 heavy (non-hydrogen) atoms. The van der Waals surface area contributed by atoms with Crippen LogP contribution in [0.1, 0.15) is 502 Å². The first kappa shape index (κ1) is 98.8. The second-order valence-electron chi connectivity index (χ2n) is 32.7. The Hall–Kier alpha value is -1.25. The fraction of sp³-hybridized carbons (Fsp3) is 0.956. The highest BCUT2D eigenvalue weighted by atomic mass is 31.2. The van der Waals surface area contributed by atoms with Gasteiger partial charge >= 0.3 is 11.9 Å². The van der Waals surface area contributed by atoms with Crippen molar-refractivity contribution in [3.05, 3.63) is 12.2 Å². The monoisotopic (exact) mass is 1430 g/mol. The lowest BCUT2D eigenvalue weighted by atomic mass is 10.0. The zero-order valence-electron chi connectivity index (χ0n) is 68.5. The molecule has 0 aromatic heterocycles. The van der Waals surface area contributed by atoms with Gasteiger partial charge in [0.25, 0.3) is 7.82 Å². The van der Waals surface area contributed by atoms with Crippen molar-refractivity contribution in [2.75, 3.05) is 47.5 Å². The molecular formula is C90H178NO8P. The van der Waals surface area contributed by atoms with Gasteiger partial charge in [-0.2, -0.15) is 0 Å². The number of carbonyl (C=O) groups is 2. The SMILES string of the molecule is CCCCCCCCCC/C=C\CCCCCCCCCCCCCCCCCCCCCCCCCC(=O)OC(COC(=O)CCCCCCCCCCCCCCCCCCCCCCCCCCCCCCCCCCCCCCCCCCC)COP(=O)([O-])OCC[N+](C)(C)C. The third-order valence-corrected chi connectivity index (χ3v) is 22.2. The second-order valence-corrected chi connectivity index (χ2v) is 34.1. The van der Waals surface area contributed by atoms with E-state index in [0.717, 1.165) is 32.1 Å². The molecule has 0 rings (SSSR count). The molecule has 0 aromatic carbocycles. The van der Waals surface area contributed by atoms with Crippen molar-refractivity contribution in [1.82, 2.24) is 0 Å². The molecule has 0 N–H and O–H groups in total. The van der Waals surface area contributed by atoms with Crippen LogP contribution in [0.15, 0.2) is 12.2 Å². The summed E-state index contributed by atoms with van der Waals surface area (Å²) in [5, 5.41) is 0. The van der Waals surface area contributed by atoms with Crippen molar-refractivity contribution in [3.8, 4) is 0 Å². The third kappa shape index (κ3) is 85.7. The van der Waals surface area contributed by atoms with Crippen LogP contribution in [0.2, 0.25) is 0 Å². The van der Waals surface area contributed by atoms with Crippen molar-refractivity contribution >= 4 is 19.8 Å². The number of esters is 2. The second kappa shape index (κ2) is 81.8. The van der Waals surface area contributed by atoms with Crippen LogP contribution in [0.3, 0.4) is 0 Å². The number of nitrogens with zero attached hydrogens (tertiary/aromatic N) is 1. The Morgan fingerprint density at radius 1 is 0.300 bits per heavy atom. The molecule has 0 bridgehead atoms. The number of rotatable bonds is 87. The summed E-state index contributed by atoms with van der Waals surface area (Å²) in [5.74, 6) is -0.800. The predicted molar refractivity (Wildman–Crippen MR) is 435 cm³/mol. The summed E-state index contributed by atoms with van der Waals surface area (Å²) in [6.07, 6.45) is 105. The molecule has 0 saturated heterocycles. The van der Waals surface area contributed by atoms with Gasteiger partial charge in [-0.1, -0.05) is 463 Å². The number of carbonyl (C=O) groups excluding carboxylic acids is 2. The van der Waals surface area contributed by atoms with Gasteiger partial charge in [0.2, 0.25) is 0 Å². The first-order valence-corrected chi connectivity index (χ1v) is 46.9. The van der Waals surface area contributed by atoms with Gasteiger partial charge in [0.05, 0.1) is 27.7 Å². The van der Waals surface area contributed by atoms with E-state index in [-0.39, 0.29) is 32.0 Å². The Balaban J connectivity index is 3.81. The lowest BCUT2D eigenvalue weighted by Gasteiger charge is -2.28. The molecule has 0 amide bonds. The van der Waals surface area contributed by atoms with Crippen molar-refractivity contribution in [2.45, 2.75) is 508 Å². The molecule has 0 aromatic rings. The molecule has 0 fully saturated rings. The van der Waals surface area contributed by atoms with Gasteiger partial charge < -0.3 is 27.9 Å². The van der Waals surface area contributed by atoms with Gasteiger partial charge in [0, 0.05) is 12.8 Å². The van der Waals surface area contributed by atoms with Gasteiger partial charge in [0.1, 0.15) is 19.8 Å². The van der Waals surface area contributed by atoms with Gasteiger partial charge in [-0.25, -0.2) is 0 Å². The number of likely N-dealkylation sites (N-methyl/N-ethyl adjacent to an activating group) is 1. The van der Waals surface area contributed by atoms with Crippen LogP contribution in [-0.2, 0) is 32.7 Å². The number of phosphoric ester groups is 1. The van der Waals surface area contributed by atoms with Crippen molar-refractivity contribution in [1.29, 1.82) is 0 Å². The van der Waals surface area contributed by atoms with Crippen LogP contribution >= 0.6 is 7.82 Å².